The summed E-state index contributed by atoms with van der Waals surface area (Å²) in [5.41, 5.74) is 1.31. The van der Waals surface area contributed by atoms with Crippen molar-refractivity contribution in [1.29, 1.82) is 0 Å². The third kappa shape index (κ3) is 3.79. The van der Waals surface area contributed by atoms with Gasteiger partial charge in [0.05, 0.1) is 6.10 Å². The van der Waals surface area contributed by atoms with Gasteiger partial charge >= 0.3 is 0 Å². The molecule has 2 N–H and O–H groups in total. The van der Waals surface area contributed by atoms with Crippen molar-refractivity contribution < 1.29 is 15.0 Å². The summed E-state index contributed by atoms with van der Waals surface area (Å²) in [6.07, 6.45) is 13.1. The summed E-state index contributed by atoms with van der Waals surface area (Å²) in [6, 6.07) is 0. The normalized spacial score (nSPS) is 47.1. The molecule has 0 heterocycles. The van der Waals surface area contributed by atoms with Crippen molar-refractivity contribution in [3.05, 3.63) is 11.6 Å². The molecule has 3 heteroatoms. The van der Waals surface area contributed by atoms with Crippen LogP contribution in [-0.2, 0) is 4.79 Å². The summed E-state index contributed by atoms with van der Waals surface area (Å²) in [4.78, 5) is 12.4. The summed E-state index contributed by atoms with van der Waals surface area (Å²) >= 11 is 0. The third-order valence-electron chi connectivity index (χ3n) is 11.9. The summed E-state index contributed by atoms with van der Waals surface area (Å²) in [5.74, 6) is 1.27. The van der Waals surface area contributed by atoms with Crippen molar-refractivity contribution in [2.45, 2.75) is 131 Å². The monoisotopic (exact) mass is 458 g/mol. The van der Waals surface area contributed by atoms with Crippen molar-refractivity contribution >= 4 is 5.78 Å². The predicted octanol–water partition coefficient (Wildman–Crippen LogP) is 6.85. The van der Waals surface area contributed by atoms with Crippen LogP contribution >= 0.6 is 0 Å². The van der Waals surface area contributed by atoms with Crippen LogP contribution in [0.15, 0.2) is 11.6 Å². The van der Waals surface area contributed by atoms with Crippen molar-refractivity contribution in [3.63, 3.8) is 0 Å². The van der Waals surface area contributed by atoms with Gasteiger partial charge in [0.25, 0.3) is 0 Å². The van der Waals surface area contributed by atoms with Crippen LogP contribution in [0.4, 0.5) is 0 Å². The molecule has 0 aromatic carbocycles. The topological polar surface area (TPSA) is 57.5 Å². The molecular formula is C30H50O3. The molecule has 0 bridgehead atoms. The molecule has 0 saturated heterocycles. The van der Waals surface area contributed by atoms with Crippen LogP contribution in [0.5, 0.6) is 0 Å². The average Bonchev–Trinajstić information content (AvgIpc) is 2.70. The van der Waals surface area contributed by atoms with E-state index in [-0.39, 0.29) is 28.1 Å². The van der Waals surface area contributed by atoms with Crippen molar-refractivity contribution in [1.82, 2.24) is 0 Å². The fraction of sp³-hybridized carbons (Fsp3) is 0.900. The number of aliphatic hydroxyl groups excluding tert-OH is 1. The molecule has 4 aliphatic carbocycles. The Hall–Kier alpha value is -0.670. The average molecular weight is 459 g/mol. The lowest BCUT2D eigenvalue weighted by atomic mass is 9.35. The van der Waals surface area contributed by atoms with E-state index in [9.17, 15) is 15.0 Å². The second-order valence-corrected chi connectivity index (χ2v) is 14.8. The lowest BCUT2D eigenvalue weighted by Gasteiger charge is -2.69. The Morgan fingerprint density at radius 2 is 1.70 bits per heavy atom. The maximum Gasteiger partial charge on any atom is 0.163 e. The van der Waals surface area contributed by atoms with Crippen LogP contribution in [0.2, 0.25) is 0 Å². The maximum absolute atomic E-state index is 12.4. The molecule has 7 atom stereocenters. The van der Waals surface area contributed by atoms with Crippen LogP contribution < -0.4 is 0 Å². The minimum atomic E-state index is -1.22. The van der Waals surface area contributed by atoms with Gasteiger partial charge in [-0.15, -0.1) is 0 Å². The molecule has 33 heavy (non-hydrogen) atoms. The molecule has 3 saturated carbocycles. The highest BCUT2D eigenvalue weighted by Crippen LogP contribution is 2.73. The van der Waals surface area contributed by atoms with Gasteiger partial charge in [-0.2, -0.15) is 0 Å². The van der Waals surface area contributed by atoms with Gasteiger partial charge in [-0.05, 0) is 105 Å². The van der Waals surface area contributed by atoms with E-state index in [1.165, 1.54) is 37.7 Å². The van der Waals surface area contributed by atoms with E-state index in [2.05, 4.69) is 47.6 Å². The highest BCUT2D eigenvalue weighted by Gasteiger charge is 2.65. The van der Waals surface area contributed by atoms with Crippen LogP contribution in [0.3, 0.4) is 0 Å². The summed E-state index contributed by atoms with van der Waals surface area (Å²) < 4.78 is 0. The zero-order valence-electron chi connectivity index (χ0n) is 22.7. The SMILES string of the molecule is CC(C)(O)C(=O)CC[C@]1(C)CC[C@]2(C)[C@H]3CC=C4[C@@H](CC[C@H](O)C4(C)C)[C@]3(C)CC[C@@]2(C)C1. The Labute approximate surface area is 202 Å². The number of rotatable bonds is 4. The number of allylic oxidation sites excluding steroid dienone is 1. The molecule has 4 rings (SSSR count). The fourth-order valence-corrected chi connectivity index (χ4v) is 9.21. The molecule has 0 aromatic rings. The summed E-state index contributed by atoms with van der Waals surface area (Å²) in [7, 11) is 0. The predicted molar refractivity (Wildman–Crippen MR) is 135 cm³/mol. The molecule has 0 unspecified atom stereocenters. The Morgan fingerprint density at radius 3 is 2.33 bits per heavy atom. The van der Waals surface area contributed by atoms with E-state index < -0.39 is 5.60 Å². The molecule has 3 nitrogen and oxygen atoms in total. The number of hydrogen-bond acceptors (Lipinski definition) is 3. The van der Waals surface area contributed by atoms with Gasteiger partial charge in [0.2, 0.25) is 0 Å². The number of Topliss-reactive ketones (excluding diaryl/α,β-unsaturated/α-hetero) is 1. The Kier molecular flexibility index (Phi) is 5.90. The molecule has 0 radical (unpaired) electrons. The first kappa shape index (κ1) is 25.4. The quantitative estimate of drug-likeness (QED) is 0.453. The Balaban J connectivity index is 1.59. The molecule has 0 aliphatic heterocycles. The zero-order valence-corrected chi connectivity index (χ0v) is 22.7. The maximum atomic E-state index is 12.4. The molecule has 0 aromatic heterocycles. The zero-order chi connectivity index (χ0) is 24.7. The van der Waals surface area contributed by atoms with Gasteiger partial charge in [0.1, 0.15) is 5.60 Å². The second kappa shape index (κ2) is 7.66. The van der Waals surface area contributed by atoms with Gasteiger partial charge in [0, 0.05) is 11.8 Å². The number of ketones is 1. The van der Waals surface area contributed by atoms with E-state index >= 15 is 0 Å². The largest absolute Gasteiger partial charge is 0.392 e. The molecule has 0 amide bonds. The van der Waals surface area contributed by atoms with Crippen molar-refractivity contribution in [2.75, 3.05) is 0 Å². The smallest absolute Gasteiger partial charge is 0.163 e. The van der Waals surface area contributed by atoms with Gasteiger partial charge in [-0.25, -0.2) is 0 Å². The van der Waals surface area contributed by atoms with Gasteiger partial charge in [0.15, 0.2) is 5.78 Å². The number of carbonyl (C=O) groups is 1. The lowest BCUT2D eigenvalue weighted by molar-refractivity contribution is -0.184. The first-order valence-electron chi connectivity index (χ1n) is 13.6. The highest BCUT2D eigenvalue weighted by atomic mass is 16.3. The second-order valence-electron chi connectivity index (χ2n) is 14.8. The summed E-state index contributed by atoms with van der Waals surface area (Å²) in [6.45, 7) is 17.9. The number of aliphatic hydroxyl groups is 2. The number of carbonyl (C=O) groups excluding carboxylic acids is 1. The molecule has 0 spiro atoms. The van der Waals surface area contributed by atoms with Crippen LogP contribution in [-0.4, -0.2) is 27.7 Å². The minimum Gasteiger partial charge on any atom is -0.392 e. The van der Waals surface area contributed by atoms with Gasteiger partial charge in [-0.1, -0.05) is 53.2 Å². The van der Waals surface area contributed by atoms with E-state index in [1.807, 2.05) is 0 Å². The van der Waals surface area contributed by atoms with E-state index in [0.29, 0.717) is 29.1 Å². The Bertz CT molecular complexity index is 834. The van der Waals surface area contributed by atoms with Crippen LogP contribution in [0, 0.1) is 38.9 Å². The number of fused-ring (bicyclic) bond motifs is 5. The summed E-state index contributed by atoms with van der Waals surface area (Å²) in [5, 5.41) is 20.9. The van der Waals surface area contributed by atoms with Gasteiger partial charge in [-0.3, -0.25) is 4.79 Å². The lowest BCUT2D eigenvalue weighted by Crippen LogP contribution is -2.61. The standard InChI is InChI=1S/C30H50O3/c1-25(2)20-9-11-22-29(7,21(20)10-12-23(25)31)17-16-28(6)19-27(5,15-18-30(22,28)8)14-13-24(32)26(3,4)33/h9,21-23,31,33H,10-19H2,1-8H3/t21-,22+,23+,27-,28+,29+,30-/m1/s1. The third-order valence-corrected chi connectivity index (χ3v) is 11.9. The van der Waals surface area contributed by atoms with Gasteiger partial charge < -0.3 is 10.2 Å². The van der Waals surface area contributed by atoms with Crippen molar-refractivity contribution in [2.24, 2.45) is 38.9 Å². The Morgan fingerprint density at radius 1 is 1.03 bits per heavy atom. The number of hydrogen-bond donors (Lipinski definition) is 2. The van der Waals surface area contributed by atoms with Crippen LogP contribution in [0.25, 0.3) is 0 Å². The first-order valence-corrected chi connectivity index (χ1v) is 13.6. The van der Waals surface area contributed by atoms with E-state index in [4.69, 9.17) is 0 Å². The van der Waals surface area contributed by atoms with E-state index in [0.717, 1.165) is 25.7 Å². The molecule has 188 valence electrons. The minimum absolute atomic E-state index is 0.0227. The highest BCUT2D eigenvalue weighted by molar-refractivity contribution is 5.86. The van der Waals surface area contributed by atoms with E-state index in [1.54, 1.807) is 13.8 Å². The molecule has 3 fully saturated rings. The molecular weight excluding hydrogens is 408 g/mol. The fourth-order valence-electron chi connectivity index (χ4n) is 9.21. The van der Waals surface area contributed by atoms with Crippen molar-refractivity contribution in [3.8, 4) is 0 Å². The first-order chi connectivity index (χ1) is 15.0. The van der Waals surface area contributed by atoms with Crippen LogP contribution in [0.1, 0.15) is 120 Å². The molecule has 4 aliphatic rings.